The molecule has 0 spiro atoms. The number of hydrogen-bond acceptors (Lipinski definition) is 11. The van der Waals surface area contributed by atoms with Crippen LogP contribution in [0.25, 0.3) is 11.2 Å². The van der Waals surface area contributed by atoms with E-state index in [1.54, 1.807) is 0 Å². The van der Waals surface area contributed by atoms with Crippen LogP contribution in [0, 0.1) is 0 Å². The first-order valence-corrected chi connectivity index (χ1v) is 8.77. The van der Waals surface area contributed by atoms with Crippen molar-refractivity contribution in [3.63, 3.8) is 0 Å². The number of halogens is 1. The normalized spacial score (nSPS) is 24.4. The number of fused-ring (bicyclic) bond motifs is 1. The van der Waals surface area contributed by atoms with Crippen LogP contribution in [0.3, 0.4) is 0 Å². The predicted molar refractivity (Wildman–Crippen MR) is 96.5 cm³/mol. The Bertz CT molecular complexity index is 955. The lowest BCUT2D eigenvalue weighted by atomic mass is 10.1. The number of aliphatic hydroxyl groups is 2. The van der Waals surface area contributed by atoms with Gasteiger partial charge in [0.05, 0.1) is 19.5 Å². The molecule has 0 aliphatic carbocycles. The van der Waals surface area contributed by atoms with Crippen molar-refractivity contribution in [3.05, 3.63) is 11.6 Å². The number of carboxylic acids is 2. The van der Waals surface area contributed by atoms with Gasteiger partial charge in [-0.3, -0.25) is 4.57 Å². The van der Waals surface area contributed by atoms with Gasteiger partial charge in [0.25, 0.3) is 5.60 Å². The fraction of sp³-hybridized carbons (Fsp3) is 0.533. The molecule has 1 aliphatic rings. The first kappa shape index (κ1) is 22.1. The van der Waals surface area contributed by atoms with Gasteiger partial charge in [-0.05, 0) is 11.6 Å². The Morgan fingerprint density at radius 1 is 1.30 bits per heavy atom. The Morgan fingerprint density at radius 2 is 1.97 bits per heavy atom. The monoisotopic (exact) mass is 447 g/mol. The lowest BCUT2D eigenvalue weighted by molar-refractivity contribution is -0.197. The van der Waals surface area contributed by atoms with Crippen molar-refractivity contribution in [2.45, 2.75) is 30.1 Å². The second kappa shape index (κ2) is 8.25. The summed E-state index contributed by atoms with van der Waals surface area (Å²) in [5.41, 5.74) is 3.31. The predicted octanol–water partition coefficient (Wildman–Crippen LogP) is -1.75. The minimum absolute atomic E-state index is 0.0102. The number of imidazole rings is 1. The quantitative estimate of drug-likeness (QED) is 0.224. The largest absolute Gasteiger partial charge is 0.479 e. The van der Waals surface area contributed by atoms with Gasteiger partial charge in [0.1, 0.15) is 23.8 Å². The van der Waals surface area contributed by atoms with Gasteiger partial charge < -0.3 is 40.4 Å². The van der Waals surface area contributed by atoms with Crippen LogP contribution < -0.4 is 5.73 Å². The minimum atomic E-state index is -2.72. The topological polar surface area (TPSA) is 212 Å². The molecule has 0 bridgehead atoms. The van der Waals surface area contributed by atoms with E-state index >= 15 is 0 Å². The number of nitrogen functional groups attached to an aromatic ring is 1. The average molecular weight is 448 g/mol. The first-order chi connectivity index (χ1) is 14.1. The van der Waals surface area contributed by atoms with E-state index in [2.05, 4.69) is 19.7 Å². The molecule has 30 heavy (non-hydrogen) atoms. The Labute approximate surface area is 172 Å². The molecule has 3 heterocycles. The van der Waals surface area contributed by atoms with Crippen molar-refractivity contribution in [1.29, 1.82) is 0 Å². The summed E-state index contributed by atoms with van der Waals surface area (Å²) in [6.07, 6.45) is -4.34. The molecule has 0 amide bonds. The highest BCUT2D eigenvalue weighted by Gasteiger charge is 2.51. The van der Waals surface area contributed by atoms with Crippen molar-refractivity contribution in [2.24, 2.45) is 0 Å². The number of hydrogen-bond donors (Lipinski definition) is 5. The number of carbonyl (C=O) groups is 2. The molecule has 14 nitrogen and oxygen atoms in total. The summed E-state index contributed by atoms with van der Waals surface area (Å²) in [6.45, 7) is -1.48. The molecule has 0 unspecified atom stereocenters. The van der Waals surface area contributed by atoms with Gasteiger partial charge in [-0.2, -0.15) is 9.97 Å². The third kappa shape index (κ3) is 3.64. The Kier molecular flexibility index (Phi) is 6.07. The van der Waals surface area contributed by atoms with Crippen molar-refractivity contribution in [2.75, 3.05) is 26.1 Å². The maximum absolute atomic E-state index is 11.5. The van der Waals surface area contributed by atoms with Crippen LogP contribution in [0.2, 0.25) is 5.28 Å². The molecule has 2 aromatic rings. The molecule has 0 radical (unpaired) electrons. The number of ether oxygens (including phenoxy) is 3. The van der Waals surface area contributed by atoms with Crippen molar-refractivity contribution in [1.82, 2.24) is 19.5 Å². The average Bonchev–Trinajstić information content (AvgIpc) is 3.20. The number of carboxylic acid groups (broad SMARTS) is 2. The van der Waals surface area contributed by atoms with Gasteiger partial charge in [0, 0.05) is 7.11 Å². The third-order valence-electron chi connectivity index (χ3n) is 4.57. The zero-order valence-corrected chi connectivity index (χ0v) is 16.1. The fourth-order valence-corrected chi connectivity index (χ4v) is 3.17. The minimum Gasteiger partial charge on any atom is -0.479 e. The number of aromatic nitrogens is 4. The summed E-state index contributed by atoms with van der Waals surface area (Å²) in [7, 11) is 1.10. The number of methoxy groups -OCH3 is 1. The molecule has 0 saturated carbocycles. The van der Waals surface area contributed by atoms with Gasteiger partial charge >= 0.3 is 11.9 Å². The second-order valence-corrected chi connectivity index (χ2v) is 6.77. The van der Waals surface area contributed by atoms with E-state index in [1.807, 2.05) is 0 Å². The maximum atomic E-state index is 11.5. The van der Waals surface area contributed by atoms with Crippen LogP contribution in [0.15, 0.2) is 6.33 Å². The van der Waals surface area contributed by atoms with Crippen LogP contribution in [0.5, 0.6) is 0 Å². The van der Waals surface area contributed by atoms with Gasteiger partial charge in [-0.25, -0.2) is 14.6 Å². The van der Waals surface area contributed by atoms with E-state index in [4.69, 9.17) is 26.8 Å². The van der Waals surface area contributed by atoms with E-state index in [0.29, 0.717) is 0 Å². The molecule has 4 atom stereocenters. The number of aliphatic carboxylic acids is 2. The maximum Gasteiger partial charge on any atom is 0.350 e. The Morgan fingerprint density at radius 3 is 2.57 bits per heavy atom. The van der Waals surface area contributed by atoms with Crippen LogP contribution in [0.4, 0.5) is 5.82 Å². The molecule has 3 rings (SSSR count). The van der Waals surface area contributed by atoms with Gasteiger partial charge in [0.15, 0.2) is 17.7 Å². The summed E-state index contributed by atoms with van der Waals surface area (Å²) >= 11 is 5.80. The lowest BCUT2D eigenvalue weighted by Gasteiger charge is -2.26. The summed E-state index contributed by atoms with van der Waals surface area (Å²) in [5, 5.41) is 39.1. The summed E-state index contributed by atoms with van der Waals surface area (Å²) in [4.78, 5) is 34.7. The molecule has 1 fully saturated rings. The molecule has 0 aromatic carbocycles. The number of aliphatic hydroxyl groups excluding tert-OH is 2. The highest BCUT2D eigenvalue weighted by molar-refractivity contribution is 6.28. The van der Waals surface area contributed by atoms with E-state index in [1.165, 1.54) is 10.9 Å². The zero-order valence-electron chi connectivity index (χ0n) is 15.4. The zero-order chi connectivity index (χ0) is 22.2. The molecule has 1 saturated heterocycles. The Hall–Kier alpha value is -2.62. The van der Waals surface area contributed by atoms with Crippen LogP contribution in [-0.2, 0) is 23.8 Å². The van der Waals surface area contributed by atoms with Crippen molar-refractivity contribution < 1.29 is 44.2 Å². The molecule has 6 N–H and O–H groups in total. The van der Waals surface area contributed by atoms with Crippen molar-refractivity contribution >= 4 is 40.5 Å². The molecule has 2 aromatic heterocycles. The molecular weight excluding hydrogens is 430 g/mol. The summed E-state index contributed by atoms with van der Waals surface area (Å²) < 4.78 is 16.6. The summed E-state index contributed by atoms with van der Waals surface area (Å²) in [5.74, 6) is -3.61. The standard InChI is InChI=1S/C15H18ClN5O9/c1-28-3-15(12(24)25,13(26)27)29-2-5-7(22)8(23)11(30-5)21-4-18-6-9(17)19-14(16)20-10(6)21/h4-5,7-8,11,22-23H,2-3H2,1H3,(H,24,25)(H,26,27)(H2,17,19,20)/t5-,7+,8-,11-/m1/s1. The van der Waals surface area contributed by atoms with E-state index in [0.717, 1.165) is 7.11 Å². The number of rotatable bonds is 8. The SMILES string of the molecule is COCC(OC[C@H]1O[C@@H](n2cnc3c(N)nc(Cl)nc32)[C@H](O)[C@H]1O)(C(=O)O)C(=O)O. The van der Waals surface area contributed by atoms with Crippen LogP contribution >= 0.6 is 11.6 Å². The Balaban J connectivity index is 1.84. The van der Waals surface area contributed by atoms with E-state index in [9.17, 15) is 30.0 Å². The fourth-order valence-electron chi connectivity index (χ4n) is 3.00. The van der Waals surface area contributed by atoms with Crippen molar-refractivity contribution in [3.8, 4) is 0 Å². The highest BCUT2D eigenvalue weighted by atomic mass is 35.5. The highest BCUT2D eigenvalue weighted by Crippen LogP contribution is 2.33. The van der Waals surface area contributed by atoms with Crippen LogP contribution in [0.1, 0.15) is 6.23 Å². The van der Waals surface area contributed by atoms with Crippen LogP contribution in [-0.4, -0.2) is 96.1 Å². The molecule has 15 heteroatoms. The number of nitrogens with zero attached hydrogens (tertiary/aromatic N) is 4. The number of anilines is 1. The van der Waals surface area contributed by atoms with E-state index in [-0.39, 0.29) is 22.3 Å². The first-order valence-electron chi connectivity index (χ1n) is 8.39. The lowest BCUT2D eigenvalue weighted by Crippen LogP contribution is -2.54. The van der Waals surface area contributed by atoms with Gasteiger partial charge in [-0.1, -0.05) is 0 Å². The molecule has 164 valence electrons. The summed E-state index contributed by atoms with van der Waals surface area (Å²) in [6, 6.07) is 0. The number of nitrogens with two attached hydrogens (primary N) is 1. The molecule has 1 aliphatic heterocycles. The molecular formula is C15H18ClN5O9. The smallest absolute Gasteiger partial charge is 0.350 e. The van der Waals surface area contributed by atoms with Gasteiger partial charge in [0.2, 0.25) is 5.28 Å². The van der Waals surface area contributed by atoms with E-state index < -0.39 is 55.3 Å². The van der Waals surface area contributed by atoms with Gasteiger partial charge in [-0.15, -0.1) is 0 Å². The third-order valence-corrected chi connectivity index (χ3v) is 4.73. The second-order valence-electron chi connectivity index (χ2n) is 6.43.